The summed E-state index contributed by atoms with van der Waals surface area (Å²) in [7, 11) is 0. The van der Waals surface area contributed by atoms with Gasteiger partial charge in [-0.1, -0.05) is 64.5 Å². The van der Waals surface area contributed by atoms with Crippen LogP contribution in [0.5, 0.6) is 0 Å². The summed E-state index contributed by atoms with van der Waals surface area (Å²) in [6.07, 6.45) is 11.0. The van der Waals surface area contributed by atoms with Crippen LogP contribution in [0.25, 0.3) is 10.8 Å². The summed E-state index contributed by atoms with van der Waals surface area (Å²) in [5, 5.41) is 1.80. The van der Waals surface area contributed by atoms with Crippen LogP contribution in [0.1, 0.15) is 113 Å². The molecule has 2 atom stereocenters. The molecular formula is C28H40O4. The Kier molecular flexibility index (Phi) is 11.3. The second kappa shape index (κ2) is 13.9. The van der Waals surface area contributed by atoms with Gasteiger partial charge in [-0.3, -0.25) is 0 Å². The molecule has 4 heteroatoms. The lowest BCUT2D eigenvalue weighted by atomic mass is 10.0. The first-order valence-electron chi connectivity index (χ1n) is 12.4. The zero-order valence-corrected chi connectivity index (χ0v) is 20.3. The van der Waals surface area contributed by atoms with Crippen molar-refractivity contribution in [2.75, 3.05) is 0 Å². The molecule has 0 saturated heterocycles. The molecule has 0 aromatic heterocycles. The van der Waals surface area contributed by atoms with Gasteiger partial charge in [-0.2, -0.15) is 0 Å². The Hall–Kier alpha value is -2.36. The molecule has 0 radical (unpaired) electrons. The van der Waals surface area contributed by atoms with Crippen LogP contribution in [-0.4, -0.2) is 24.1 Å². The van der Waals surface area contributed by atoms with E-state index < -0.39 is 0 Å². The van der Waals surface area contributed by atoms with Crippen molar-refractivity contribution in [1.29, 1.82) is 0 Å². The van der Waals surface area contributed by atoms with E-state index >= 15 is 0 Å². The highest BCUT2D eigenvalue weighted by atomic mass is 16.5. The lowest BCUT2D eigenvalue weighted by molar-refractivity contribution is 0.0309. The lowest BCUT2D eigenvalue weighted by Gasteiger charge is -2.14. The average molecular weight is 441 g/mol. The smallest absolute Gasteiger partial charge is 0.338 e. The van der Waals surface area contributed by atoms with Crippen LogP contribution in [0.2, 0.25) is 0 Å². The molecule has 2 rings (SSSR count). The van der Waals surface area contributed by atoms with Gasteiger partial charge in [0.2, 0.25) is 0 Å². The summed E-state index contributed by atoms with van der Waals surface area (Å²) in [4.78, 5) is 25.0. The van der Waals surface area contributed by atoms with Crippen LogP contribution in [0.3, 0.4) is 0 Å². The molecule has 0 aliphatic rings. The number of unbranched alkanes of at least 4 members (excludes halogenated alkanes) is 6. The maximum absolute atomic E-state index is 12.5. The fourth-order valence-electron chi connectivity index (χ4n) is 3.84. The monoisotopic (exact) mass is 440 g/mol. The number of ether oxygens (including phenoxy) is 2. The maximum Gasteiger partial charge on any atom is 0.338 e. The highest BCUT2D eigenvalue weighted by Gasteiger charge is 2.15. The number of fused-ring (bicyclic) bond motifs is 1. The quantitative estimate of drug-likeness (QED) is 0.221. The minimum absolute atomic E-state index is 0.0869. The molecule has 0 amide bonds. The molecule has 176 valence electrons. The van der Waals surface area contributed by atoms with E-state index in [9.17, 15) is 9.59 Å². The van der Waals surface area contributed by atoms with Crippen molar-refractivity contribution in [3.63, 3.8) is 0 Å². The molecule has 0 aliphatic heterocycles. The standard InChI is InChI=1S/C28H40O4/c1-5-7-9-11-13-21(3)31-27(29)25-17-15-24-20-26(18-16-23(24)19-25)28(30)32-22(4)14-12-10-8-6-2/h15-22H,5-14H2,1-4H3. The summed E-state index contributed by atoms with van der Waals surface area (Å²) < 4.78 is 11.2. The highest BCUT2D eigenvalue weighted by Crippen LogP contribution is 2.21. The number of benzene rings is 2. The molecular weight excluding hydrogens is 400 g/mol. The van der Waals surface area contributed by atoms with Crippen LogP contribution < -0.4 is 0 Å². The molecule has 0 fully saturated rings. The Morgan fingerprint density at radius 3 is 1.44 bits per heavy atom. The van der Waals surface area contributed by atoms with Gasteiger partial charge in [-0.15, -0.1) is 0 Å². The minimum atomic E-state index is -0.296. The zero-order chi connectivity index (χ0) is 23.3. The van der Waals surface area contributed by atoms with E-state index in [-0.39, 0.29) is 24.1 Å². The van der Waals surface area contributed by atoms with Gasteiger partial charge in [0, 0.05) is 0 Å². The molecule has 2 aromatic rings. The van der Waals surface area contributed by atoms with Crippen molar-refractivity contribution in [3.05, 3.63) is 47.5 Å². The SMILES string of the molecule is CCCCCCC(C)OC(=O)c1ccc2cc(C(=O)OC(C)CCCCCC)ccc2c1. The van der Waals surface area contributed by atoms with E-state index in [1.165, 1.54) is 38.5 Å². The van der Waals surface area contributed by atoms with E-state index in [0.29, 0.717) is 11.1 Å². The fourth-order valence-corrected chi connectivity index (χ4v) is 3.84. The van der Waals surface area contributed by atoms with E-state index in [1.807, 2.05) is 38.1 Å². The van der Waals surface area contributed by atoms with Crippen molar-refractivity contribution >= 4 is 22.7 Å². The molecule has 0 saturated carbocycles. The van der Waals surface area contributed by atoms with E-state index in [4.69, 9.17) is 9.47 Å². The predicted molar refractivity (Wildman–Crippen MR) is 131 cm³/mol. The Bertz CT molecular complexity index is 786. The molecule has 2 unspecified atom stereocenters. The molecule has 0 bridgehead atoms. The average Bonchev–Trinajstić information content (AvgIpc) is 2.78. The molecule has 4 nitrogen and oxygen atoms in total. The molecule has 2 aromatic carbocycles. The number of carbonyl (C=O) groups excluding carboxylic acids is 2. The van der Waals surface area contributed by atoms with Crippen LogP contribution in [-0.2, 0) is 9.47 Å². The van der Waals surface area contributed by atoms with E-state index in [2.05, 4.69) is 13.8 Å². The van der Waals surface area contributed by atoms with Gasteiger partial charge in [0.15, 0.2) is 0 Å². The third-order valence-corrected chi connectivity index (χ3v) is 5.86. The second-order valence-corrected chi connectivity index (χ2v) is 8.91. The van der Waals surface area contributed by atoms with Gasteiger partial charge < -0.3 is 9.47 Å². The van der Waals surface area contributed by atoms with Crippen molar-refractivity contribution in [3.8, 4) is 0 Å². The number of hydrogen-bond acceptors (Lipinski definition) is 4. The summed E-state index contributed by atoms with van der Waals surface area (Å²) in [5.41, 5.74) is 1.07. The number of carbonyl (C=O) groups is 2. The molecule has 0 aliphatic carbocycles. The first kappa shape index (κ1) is 25.9. The van der Waals surface area contributed by atoms with E-state index in [0.717, 1.165) is 36.5 Å². The zero-order valence-electron chi connectivity index (χ0n) is 20.3. The Labute approximate surface area is 193 Å². The summed E-state index contributed by atoms with van der Waals surface area (Å²) >= 11 is 0. The van der Waals surface area contributed by atoms with Gasteiger partial charge in [0.05, 0.1) is 23.3 Å². The first-order valence-corrected chi connectivity index (χ1v) is 12.4. The topological polar surface area (TPSA) is 52.6 Å². The number of esters is 2. The van der Waals surface area contributed by atoms with E-state index in [1.54, 1.807) is 12.1 Å². The maximum atomic E-state index is 12.5. The largest absolute Gasteiger partial charge is 0.459 e. The third kappa shape index (κ3) is 8.64. The van der Waals surface area contributed by atoms with Crippen LogP contribution >= 0.6 is 0 Å². The van der Waals surface area contributed by atoms with Gasteiger partial charge in [-0.25, -0.2) is 9.59 Å². The van der Waals surface area contributed by atoms with Crippen molar-refractivity contribution in [1.82, 2.24) is 0 Å². The first-order chi connectivity index (χ1) is 15.4. The molecule has 32 heavy (non-hydrogen) atoms. The van der Waals surface area contributed by atoms with Gasteiger partial charge in [0.1, 0.15) is 0 Å². The highest BCUT2D eigenvalue weighted by molar-refractivity contribution is 5.99. The molecule has 0 heterocycles. The van der Waals surface area contributed by atoms with Crippen LogP contribution in [0, 0.1) is 0 Å². The second-order valence-electron chi connectivity index (χ2n) is 8.91. The summed E-state index contributed by atoms with van der Waals surface area (Å²) in [5.74, 6) is -0.592. The normalized spacial score (nSPS) is 13.0. The summed E-state index contributed by atoms with van der Waals surface area (Å²) in [6.45, 7) is 8.28. The molecule has 0 spiro atoms. The minimum Gasteiger partial charge on any atom is -0.459 e. The number of hydrogen-bond donors (Lipinski definition) is 0. The van der Waals surface area contributed by atoms with Crippen molar-refractivity contribution < 1.29 is 19.1 Å². The molecule has 0 N–H and O–H groups in total. The fraction of sp³-hybridized carbons (Fsp3) is 0.571. The number of rotatable bonds is 14. The Balaban J connectivity index is 1.93. The van der Waals surface area contributed by atoms with Crippen molar-refractivity contribution in [2.24, 2.45) is 0 Å². The third-order valence-electron chi connectivity index (χ3n) is 5.86. The Morgan fingerprint density at radius 1 is 0.656 bits per heavy atom. The van der Waals surface area contributed by atoms with Gasteiger partial charge in [-0.05, 0) is 74.6 Å². The van der Waals surface area contributed by atoms with Crippen molar-refractivity contribution in [2.45, 2.75) is 104 Å². The summed E-state index contributed by atoms with van der Waals surface area (Å²) in [6, 6.07) is 10.9. The Morgan fingerprint density at radius 2 is 1.06 bits per heavy atom. The predicted octanol–water partition coefficient (Wildman–Crippen LogP) is 7.87. The van der Waals surface area contributed by atoms with Gasteiger partial charge >= 0.3 is 11.9 Å². The van der Waals surface area contributed by atoms with Gasteiger partial charge in [0.25, 0.3) is 0 Å². The van der Waals surface area contributed by atoms with Crippen LogP contribution in [0.4, 0.5) is 0 Å². The lowest BCUT2D eigenvalue weighted by Crippen LogP contribution is -2.15. The van der Waals surface area contributed by atoms with Crippen LogP contribution in [0.15, 0.2) is 36.4 Å².